The molecule has 2 aromatic carbocycles. The normalized spacial score (nSPS) is 16.7. The summed E-state index contributed by atoms with van der Waals surface area (Å²) >= 11 is 3.62. The van der Waals surface area contributed by atoms with Gasteiger partial charge in [-0.1, -0.05) is 60.8 Å². The van der Waals surface area contributed by atoms with Gasteiger partial charge in [0.05, 0.1) is 23.5 Å². The highest BCUT2D eigenvalue weighted by Crippen LogP contribution is 2.26. The number of carbonyl (C=O) groups is 1. The van der Waals surface area contributed by atoms with Gasteiger partial charge in [-0.3, -0.25) is 14.3 Å². The summed E-state index contributed by atoms with van der Waals surface area (Å²) in [6, 6.07) is 16.7. The van der Waals surface area contributed by atoms with Crippen LogP contribution in [0.15, 0.2) is 53.0 Å². The van der Waals surface area contributed by atoms with Gasteiger partial charge in [0.15, 0.2) is 0 Å². The molecule has 1 aromatic heterocycles. The molecule has 4 rings (SSSR count). The number of likely N-dealkylation sites (tertiary alicyclic amines) is 1. The number of imidazole rings is 1. The van der Waals surface area contributed by atoms with Crippen molar-refractivity contribution in [2.75, 3.05) is 26.2 Å². The molecule has 3 aromatic rings. The second kappa shape index (κ2) is 12.0. The SMILES string of the molecule is CCCCN(CCCC)C(=O)[C@@H]1CCCN(Cc2nc3ccccc3n2-c2cccc(Br)c2)C1. The fourth-order valence-corrected chi connectivity index (χ4v) is 5.36. The number of fused-ring (bicyclic) bond motifs is 1. The fraction of sp³-hybridized carbons (Fsp3) is 0.500. The van der Waals surface area contributed by atoms with Gasteiger partial charge in [0.1, 0.15) is 5.82 Å². The van der Waals surface area contributed by atoms with Crippen molar-refractivity contribution in [1.82, 2.24) is 19.4 Å². The number of nitrogens with zero attached hydrogens (tertiary/aromatic N) is 4. The Balaban J connectivity index is 1.54. The first-order valence-corrected chi connectivity index (χ1v) is 13.6. The predicted octanol–water partition coefficient (Wildman–Crippen LogP) is 6.43. The van der Waals surface area contributed by atoms with E-state index in [-0.39, 0.29) is 5.92 Å². The molecule has 1 fully saturated rings. The zero-order valence-electron chi connectivity index (χ0n) is 20.5. The summed E-state index contributed by atoms with van der Waals surface area (Å²) in [5.41, 5.74) is 3.23. The van der Waals surface area contributed by atoms with Crippen LogP contribution in [0.1, 0.15) is 58.2 Å². The van der Waals surface area contributed by atoms with Crippen LogP contribution in [0, 0.1) is 5.92 Å². The van der Waals surface area contributed by atoms with Crippen LogP contribution in [0.25, 0.3) is 16.7 Å². The Morgan fingerprint density at radius 3 is 2.59 bits per heavy atom. The summed E-state index contributed by atoms with van der Waals surface area (Å²) in [6.07, 6.45) is 6.47. The third-order valence-corrected chi connectivity index (χ3v) is 7.28. The molecule has 1 amide bonds. The third-order valence-electron chi connectivity index (χ3n) is 6.79. The molecule has 1 aliphatic rings. The minimum absolute atomic E-state index is 0.0890. The molecule has 0 unspecified atom stereocenters. The van der Waals surface area contributed by atoms with E-state index in [1.165, 1.54) is 0 Å². The van der Waals surface area contributed by atoms with E-state index in [0.29, 0.717) is 5.91 Å². The highest BCUT2D eigenvalue weighted by atomic mass is 79.9. The first-order valence-electron chi connectivity index (χ1n) is 12.8. The van der Waals surface area contributed by atoms with Crippen molar-refractivity contribution in [3.63, 3.8) is 0 Å². The zero-order valence-corrected chi connectivity index (χ0v) is 22.1. The number of benzene rings is 2. The highest BCUT2D eigenvalue weighted by molar-refractivity contribution is 9.10. The molecular weight excluding hydrogens is 488 g/mol. The van der Waals surface area contributed by atoms with Crippen molar-refractivity contribution in [3.8, 4) is 5.69 Å². The highest BCUT2D eigenvalue weighted by Gasteiger charge is 2.30. The number of piperidine rings is 1. The lowest BCUT2D eigenvalue weighted by molar-refractivity contribution is -0.137. The smallest absolute Gasteiger partial charge is 0.226 e. The maximum Gasteiger partial charge on any atom is 0.226 e. The maximum atomic E-state index is 13.4. The monoisotopic (exact) mass is 524 g/mol. The number of halogens is 1. The van der Waals surface area contributed by atoms with E-state index in [9.17, 15) is 4.79 Å². The first-order chi connectivity index (χ1) is 16.6. The van der Waals surface area contributed by atoms with Gasteiger partial charge < -0.3 is 4.90 Å². The van der Waals surface area contributed by atoms with Crippen LogP contribution in [-0.2, 0) is 11.3 Å². The van der Waals surface area contributed by atoms with Crippen molar-refractivity contribution in [1.29, 1.82) is 0 Å². The number of hydrogen-bond donors (Lipinski definition) is 0. The average Bonchev–Trinajstić information content (AvgIpc) is 3.21. The average molecular weight is 526 g/mol. The molecule has 0 radical (unpaired) electrons. The van der Waals surface area contributed by atoms with E-state index < -0.39 is 0 Å². The Labute approximate surface area is 212 Å². The Hall–Kier alpha value is -2.18. The standard InChI is InChI=1S/C28H37BrN4O/c1-3-5-17-32(18-6-4-2)28(34)22-11-10-16-31(20-22)21-27-30-25-14-7-8-15-26(25)33(27)24-13-9-12-23(29)19-24/h7-9,12-15,19,22H,3-6,10-11,16-18,20-21H2,1-2H3/t22-/m1/s1. The molecule has 1 atom stereocenters. The number of carbonyl (C=O) groups excluding carboxylic acids is 1. The summed E-state index contributed by atoms with van der Waals surface area (Å²) in [7, 11) is 0. The van der Waals surface area contributed by atoms with Crippen LogP contribution < -0.4 is 0 Å². The number of rotatable bonds is 10. The number of hydrogen-bond acceptors (Lipinski definition) is 3. The molecule has 0 aliphatic carbocycles. The molecule has 182 valence electrons. The topological polar surface area (TPSA) is 41.4 Å². The quantitative estimate of drug-likeness (QED) is 0.306. The first kappa shape index (κ1) is 24.9. The molecule has 0 N–H and O–H groups in total. The zero-order chi connectivity index (χ0) is 23.9. The minimum Gasteiger partial charge on any atom is -0.342 e. The minimum atomic E-state index is 0.0890. The molecular formula is C28H37BrN4O. The third kappa shape index (κ3) is 5.89. The lowest BCUT2D eigenvalue weighted by atomic mass is 9.96. The van der Waals surface area contributed by atoms with Crippen LogP contribution in [0.3, 0.4) is 0 Å². The van der Waals surface area contributed by atoms with Crippen LogP contribution >= 0.6 is 15.9 Å². The molecule has 0 bridgehead atoms. The van der Waals surface area contributed by atoms with Crippen molar-refractivity contribution >= 4 is 32.9 Å². The van der Waals surface area contributed by atoms with E-state index in [4.69, 9.17) is 4.98 Å². The van der Waals surface area contributed by atoms with Crippen LogP contribution in [0.5, 0.6) is 0 Å². The van der Waals surface area contributed by atoms with E-state index >= 15 is 0 Å². The largest absolute Gasteiger partial charge is 0.342 e. The summed E-state index contributed by atoms with van der Waals surface area (Å²) in [4.78, 5) is 23.0. The molecule has 6 heteroatoms. The molecule has 2 heterocycles. The molecule has 34 heavy (non-hydrogen) atoms. The van der Waals surface area contributed by atoms with E-state index in [1.807, 2.05) is 12.1 Å². The Bertz CT molecular complexity index is 1090. The number of amides is 1. The Morgan fingerprint density at radius 1 is 1.09 bits per heavy atom. The summed E-state index contributed by atoms with van der Waals surface area (Å²) in [6.45, 7) is 8.75. The van der Waals surface area contributed by atoms with Gasteiger partial charge in [-0.2, -0.15) is 0 Å². The maximum absolute atomic E-state index is 13.4. The van der Waals surface area contributed by atoms with Gasteiger partial charge >= 0.3 is 0 Å². The van der Waals surface area contributed by atoms with E-state index in [2.05, 4.69) is 80.5 Å². The molecule has 0 spiro atoms. The molecule has 5 nitrogen and oxygen atoms in total. The van der Waals surface area contributed by atoms with Gasteiger partial charge in [-0.05, 0) is 62.6 Å². The lowest BCUT2D eigenvalue weighted by Crippen LogP contribution is -2.45. The van der Waals surface area contributed by atoms with Gasteiger partial charge in [-0.25, -0.2) is 4.98 Å². The van der Waals surface area contributed by atoms with Crippen LogP contribution in [0.4, 0.5) is 0 Å². The van der Waals surface area contributed by atoms with Gasteiger partial charge in [-0.15, -0.1) is 0 Å². The molecule has 1 saturated heterocycles. The van der Waals surface area contributed by atoms with Crippen molar-refractivity contribution in [3.05, 3.63) is 58.8 Å². The second-order valence-electron chi connectivity index (χ2n) is 9.44. The summed E-state index contributed by atoms with van der Waals surface area (Å²) in [5, 5.41) is 0. The fourth-order valence-electron chi connectivity index (χ4n) is 4.97. The van der Waals surface area contributed by atoms with Gasteiger partial charge in [0.2, 0.25) is 5.91 Å². The molecule has 0 saturated carbocycles. The lowest BCUT2D eigenvalue weighted by Gasteiger charge is -2.35. The number of aromatic nitrogens is 2. The molecule has 1 aliphatic heterocycles. The Kier molecular flexibility index (Phi) is 8.79. The van der Waals surface area contributed by atoms with E-state index in [0.717, 1.165) is 98.3 Å². The van der Waals surface area contributed by atoms with Crippen molar-refractivity contribution in [2.24, 2.45) is 5.92 Å². The number of para-hydroxylation sites is 2. The van der Waals surface area contributed by atoms with Crippen LogP contribution in [0.2, 0.25) is 0 Å². The van der Waals surface area contributed by atoms with Crippen LogP contribution in [-0.4, -0.2) is 51.4 Å². The van der Waals surface area contributed by atoms with Gasteiger partial charge in [0.25, 0.3) is 0 Å². The predicted molar refractivity (Wildman–Crippen MR) is 143 cm³/mol. The van der Waals surface area contributed by atoms with Crippen molar-refractivity contribution < 1.29 is 4.79 Å². The second-order valence-corrected chi connectivity index (χ2v) is 10.4. The summed E-state index contributed by atoms with van der Waals surface area (Å²) in [5.74, 6) is 1.47. The Morgan fingerprint density at radius 2 is 1.85 bits per heavy atom. The van der Waals surface area contributed by atoms with Crippen molar-refractivity contribution in [2.45, 2.75) is 58.9 Å². The van der Waals surface area contributed by atoms with E-state index in [1.54, 1.807) is 0 Å². The van der Waals surface area contributed by atoms with Gasteiger partial charge in [0, 0.05) is 29.8 Å². The number of unbranched alkanes of at least 4 members (excludes halogenated alkanes) is 2. The summed E-state index contributed by atoms with van der Waals surface area (Å²) < 4.78 is 3.32.